The SMILES string of the molecule is CN(C1CCC1)C1(CN)CCN2CCCC21. The Bertz CT molecular complexity index is 264. The molecule has 2 atom stereocenters. The molecule has 3 fully saturated rings. The lowest BCUT2D eigenvalue weighted by Gasteiger charge is -2.49. The second kappa shape index (κ2) is 3.97. The van der Waals surface area contributed by atoms with Crippen LogP contribution >= 0.6 is 0 Å². The third-order valence-corrected chi connectivity index (χ3v) is 5.49. The molecule has 0 aromatic carbocycles. The molecule has 3 nitrogen and oxygen atoms in total. The fourth-order valence-electron chi connectivity index (χ4n) is 4.14. The average molecular weight is 223 g/mol. The van der Waals surface area contributed by atoms with Crippen LogP contribution in [0.15, 0.2) is 0 Å². The average Bonchev–Trinajstić information content (AvgIpc) is 2.75. The minimum Gasteiger partial charge on any atom is -0.329 e. The van der Waals surface area contributed by atoms with Crippen molar-refractivity contribution in [3.8, 4) is 0 Å². The number of likely N-dealkylation sites (N-methyl/N-ethyl adjacent to an activating group) is 1. The van der Waals surface area contributed by atoms with Gasteiger partial charge in [-0.25, -0.2) is 0 Å². The molecule has 0 radical (unpaired) electrons. The summed E-state index contributed by atoms with van der Waals surface area (Å²) >= 11 is 0. The third-order valence-electron chi connectivity index (χ3n) is 5.49. The van der Waals surface area contributed by atoms with Crippen molar-refractivity contribution < 1.29 is 0 Å². The van der Waals surface area contributed by atoms with Crippen molar-refractivity contribution in [1.29, 1.82) is 0 Å². The molecule has 3 aliphatic rings. The highest BCUT2D eigenvalue weighted by Crippen LogP contribution is 2.42. The summed E-state index contributed by atoms with van der Waals surface area (Å²) in [4.78, 5) is 5.34. The molecule has 2 N–H and O–H groups in total. The second-order valence-electron chi connectivity index (χ2n) is 5.95. The summed E-state index contributed by atoms with van der Waals surface area (Å²) in [7, 11) is 2.33. The summed E-state index contributed by atoms with van der Waals surface area (Å²) in [5, 5.41) is 0. The van der Waals surface area contributed by atoms with E-state index in [0.29, 0.717) is 5.54 Å². The first-order valence-electron chi connectivity index (χ1n) is 6.95. The summed E-state index contributed by atoms with van der Waals surface area (Å²) in [5.41, 5.74) is 6.48. The van der Waals surface area contributed by atoms with Gasteiger partial charge in [-0.1, -0.05) is 6.42 Å². The minimum atomic E-state index is 0.307. The molecule has 3 rings (SSSR count). The van der Waals surface area contributed by atoms with E-state index < -0.39 is 0 Å². The first-order chi connectivity index (χ1) is 7.78. The van der Waals surface area contributed by atoms with E-state index in [-0.39, 0.29) is 0 Å². The van der Waals surface area contributed by atoms with Crippen LogP contribution in [0.5, 0.6) is 0 Å². The topological polar surface area (TPSA) is 32.5 Å². The molecule has 2 aliphatic heterocycles. The van der Waals surface area contributed by atoms with E-state index in [4.69, 9.17) is 5.73 Å². The third kappa shape index (κ3) is 1.38. The molecule has 92 valence electrons. The number of nitrogens with two attached hydrogens (primary N) is 1. The molecule has 0 bridgehead atoms. The standard InChI is InChI=1S/C13H25N3/c1-15(11-4-2-5-11)13(10-14)7-9-16-8-3-6-12(13)16/h11-12H,2-10,14H2,1H3. The van der Waals surface area contributed by atoms with Gasteiger partial charge in [0.15, 0.2) is 0 Å². The van der Waals surface area contributed by atoms with Gasteiger partial charge in [0.05, 0.1) is 0 Å². The molecule has 0 aromatic rings. The van der Waals surface area contributed by atoms with Gasteiger partial charge in [-0.15, -0.1) is 0 Å². The number of nitrogens with zero attached hydrogens (tertiary/aromatic N) is 2. The van der Waals surface area contributed by atoms with Gasteiger partial charge in [-0.05, 0) is 45.7 Å². The summed E-state index contributed by atoms with van der Waals surface area (Å²) in [6, 6.07) is 1.58. The van der Waals surface area contributed by atoms with Gasteiger partial charge in [-0.3, -0.25) is 9.80 Å². The Morgan fingerprint density at radius 2 is 2.06 bits per heavy atom. The fraction of sp³-hybridized carbons (Fsp3) is 1.00. The van der Waals surface area contributed by atoms with E-state index in [2.05, 4.69) is 16.8 Å². The van der Waals surface area contributed by atoms with Crippen LogP contribution in [0.2, 0.25) is 0 Å². The Morgan fingerprint density at radius 1 is 1.25 bits per heavy atom. The molecule has 1 aliphatic carbocycles. The molecule has 16 heavy (non-hydrogen) atoms. The van der Waals surface area contributed by atoms with Gasteiger partial charge >= 0.3 is 0 Å². The summed E-state index contributed by atoms with van der Waals surface area (Å²) in [6.45, 7) is 3.44. The van der Waals surface area contributed by atoms with Gasteiger partial charge in [0.1, 0.15) is 0 Å². The van der Waals surface area contributed by atoms with Crippen molar-refractivity contribution >= 4 is 0 Å². The first-order valence-corrected chi connectivity index (χ1v) is 6.95. The van der Waals surface area contributed by atoms with Crippen LogP contribution in [-0.2, 0) is 0 Å². The fourth-order valence-corrected chi connectivity index (χ4v) is 4.14. The van der Waals surface area contributed by atoms with Crippen LogP contribution in [0.25, 0.3) is 0 Å². The molecule has 0 aromatic heterocycles. The van der Waals surface area contributed by atoms with Gasteiger partial charge in [0, 0.05) is 30.7 Å². The zero-order valence-electron chi connectivity index (χ0n) is 10.5. The van der Waals surface area contributed by atoms with E-state index in [9.17, 15) is 0 Å². The van der Waals surface area contributed by atoms with E-state index in [1.165, 1.54) is 51.6 Å². The van der Waals surface area contributed by atoms with Crippen molar-refractivity contribution in [3.63, 3.8) is 0 Å². The Kier molecular flexibility index (Phi) is 2.73. The van der Waals surface area contributed by atoms with Crippen LogP contribution in [0.3, 0.4) is 0 Å². The zero-order chi connectivity index (χ0) is 11.2. The Hall–Kier alpha value is -0.120. The Balaban J connectivity index is 1.81. The highest BCUT2D eigenvalue weighted by atomic mass is 15.3. The lowest BCUT2D eigenvalue weighted by molar-refractivity contribution is 0.0194. The molecule has 2 unspecified atom stereocenters. The molecule has 0 spiro atoms. The summed E-state index contributed by atoms with van der Waals surface area (Å²) in [5.74, 6) is 0. The van der Waals surface area contributed by atoms with Gasteiger partial charge in [0.2, 0.25) is 0 Å². The second-order valence-corrected chi connectivity index (χ2v) is 5.95. The normalized spacial score (nSPS) is 40.3. The maximum Gasteiger partial charge on any atom is 0.0498 e. The monoisotopic (exact) mass is 223 g/mol. The van der Waals surface area contributed by atoms with Crippen molar-refractivity contribution in [1.82, 2.24) is 9.80 Å². The summed E-state index contributed by atoms with van der Waals surface area (Å²) in [6.07, 6.45) is 8.25. The van der Waals surface area contributed by atoms with Crippen molar-refractivity contribution in [3.05, 3.63) is 0 Å². The predicted octanol–water partition coefficient (Wildman–Crippen LogP) is 1.04. The number of rotatable bonds is 3. The van der Waals surface area contributed by atoms with E-state index in [1.807, 2.05) is 0 Å². The lowest BCUT2D eigenvalue weighted by Crippen LogP contribution is -2.62. The minimum absolute atomic E-state index is 0.307. The molecular formula is C13H25N3. The van der Waals surface area contributed by atoms with Crippen LogP contribution in [-0.4, -0.2) is 54.1 Å². The Morgan fingerprint density at radius 3 is 2.69 bits per heavy atom. The molecular weight excluding hydrogens is 198 g/mol. The number of hydrogen-bond acceptors (Lipinski definition) is 3. The quantitative estimate of drug-likeness (QED) is 0.776. The highest BCUT2D eigenvalue weighted by Gasteiger charge is 2.52. The number of hydrogen-bond donors (Lipinski definition) is 1. The smallest absolute Gasteiger partial charge is 0.0498 e. The largest absolute Gasteiger partial charge is 0.329 e. The van der Waals surface area contributed by atoms with Crippen molar-refractivity contribution in [2.24, 2.45) is 5.73 Å². The maximum atomic E-state index is 6.17. The van der Waals surface area contributed by atoms with Crippen LogP contribution in [0.4, 0.5) is 0 Å². The lowest BCUT2D eigenvalue weighted by atomic mass is 9.81. The molecule has 2 saturated heterocycles. The van der Waals surface area contributed by atoms with Crippen LogP contribution in [0.1, 0.15) is 38.5 Å². The zero-order valence-corrected chi connectivity index (χ0v) is 10.5. The van der Waals surface area contributed by atoms with Crippen molar-refractivity contribution in [2.45, 2.75) is 56.1 Å². The molecule has 0 amide bonds. The van der Waals surface area contributed by atoms with Gasteiger partial charge in [-0.2, -0.15) is 0 Å². The van der Waals surface area contributed by atoms with Crippen molar-refractivity contribution in [2.75, 3.05) is 26.7 Å². The predicted molar refractivity (Wildman–Crippen MR) is 66.4 cm³/mol. The molecule has 2 heterocycles. The first kappa shape index (κ1) is 11.0. The van der Waals surface area contributed by atoms with E-state index in [1.54, 1.807) is 0 Å². The van der Waals surface area contributed by atoms with E-state index >= 15 is 0 Å². The van der Waals surface area contributed by atoms with Gasteiger partial charge in [0.25, 0.3) is 0 Å². The van der Waals surface area contributed by atoms with Gasteiger partial charge < -0.3 is 5.73 Å². The molecule has 1 saturated carbocycles. The van der Waals surface area contributed by atoms with Crippen LogP contribution in [0, 0.1) is 0 Å². The Labute approximate surface area is 99.0 Å². The maximum absolute atomic E-state index is 6.17. The van der Waals surface area contributed by atoms with E-state index in [0.717, 1.165) is 18.6 Å². The molecule has 3 heteroatoms. The number of fused-ring (bicyclic) bond motifs is 1. The highest BCUT2D eigenvalue weighted by molar-refractivity contribution is 5.10. The summed E-state index contributed by atoms with van der Waals surface area (Å²) < 4.78 is 0. The van der Waals surface area contributed by atoms with Crippen LogP contribution < -0.4 is 5.73 Å².